The Hall–Kier alpha value is -1.51. The van der Waals surface area contributed by atoms with Crippen LogP contribution in [0.3, 0.4) is 0 Å². The van der Waals surface area contributed by atoms with Gasteiger partial charge in [-0.1, -0.05) is 12.1 Å². The lowest BCUT2D eigenvalue weighted by atomic mass is 10.3. The molecule has 0 bridgehead atoms. The third-order valence-corrected chi connectivity index (χ3v) is 1.17. The molecule has 0 aliphatic heterocycles. The predicted molar refractivity (Wildman–Crippen MR) is 40.2 cm³/mol. The zero-order valence-electron chi connectivity index (χ0n) is 6.13. The molecule has 1 amide bonds. The first-order chi connectivity index (χ1) is 5.18. The van der Waals surface area contributed by atoms with Crippen LogP contribution >= 0.6 is 0 Å². The maximum Gasteiger partial charge on any atom is 0.221 e. The molecule has 0 fully saturated rings. The van der Waals surface area contributed by atoms with E-state index in [0.717, 1.165) is 0 Å². The van der Waals surface area contributed by atoms with E-state index in [1.54, 1.807) is 12.1 Å². The van der Waals surface area contributed by atoms with Gasteiger partial charge in [0, 0.05) is 12.6 Å². The van der Waals surface area contributed by atoms with Gasteiger partial charge in [-0.15, -0.1) is 5.75 Å². The van der Waals surface area contributed by atoms with E-state index in [2.05, 4.69) is 5.32 Å². The number of nitrogens with one attached hydrogen (secondary N) is 1. The van der Waals surface area contributed by atoms with Crippen LogP contribution in [0.2, 0.25) is 0 Å². The molecule has 0 radical (unpaired) electrons. The molecule has 1 aromatic rings. The Labute approximate surface area is 64.7 Å². The summed E-state index contributed by atoms with van der Waals surface area (Å²) in [7, 11) is 0. The van der Waals surface area contributed by atoms with Gasteiger partial charge in [-0.2, -0.15) is 0 Å². The van der Waals surface area contributed by atoms with Crippen molar-refractivity contribution in [1.82, 2.24) is 0 Å². The molecule has 0 aliphatic rings. The standard InChI is InChI=1S/C8H9NO2/c1-6(10)9-7-2-4-8(11)5-3-7/h2-5,11H,1H3,(H,9,10)/p-1. The minimum Gasteiger partial charge on any atom is -0.872 e. The molecule has 1 aromatic carbocycles. The van der Waals surface area contributed by atoms with Crippen LogP contribution in [0.4, 0.5) is 5.69 Å². The van der Waals surface area contributed by atoms with Crippen molar-refractivity contribution in [3.63, 3.8) is 0 Å². The highest BCUT2D eigenvalue weighted by molar-refractivity contribution is 5.88. The fourth-order valence-electron chi connectivity index (χ4n) is 0.742. The Morgan fingerprint density at radius 1 is 1.36 bits per heavy atom. The monoisotopic (exact) mass is 150 g/mol. The lowest BCUT2D eigenvalue weighted by Crippen LogP contribution is -2.05. The van der Waals surface area contributed by atoms with Gasteiger partial charge in [-0.25, -0.2) is 0 Å². The van der Waals surface area contributed by atoms with Gasteiger partial charge in [0.2, 0.25) is 5.91 Å². The van der Waals surface area contributed by atoms with E-state index in [9.17, 15) is 9.90 Å². The van der Waals surface area contributed by atoms with Crippen molar-refractivity contribution in [2.75, 3.05) is 5.32 Å². The average molecular weight is 150 g/mol. The molecule has 0 aliphatic carbocycles. The summed E-state index contributed by atoms with van der Waals surface area (Å²) in [5.41, 5.74) is 0.650. The van der Waals surface area contributed by atoms with Crippen LogP contribution in [-0.2, 0) is 4.79 Å². The fraction of sp³-hybridized carbons (Fsp3) is 0.125. The number of amides is 1. The van der Waals surface area contributed by atoms with E-state index in [4.69, 9.17) is 0 Å². The van der Waals surface area contributed by atoms with Crippen molar-refractivity contribution in [2.24, 2.45) is 0 Å². The SMILES string of the molecule is CC(=O)Nc1ccc([O-])cc1. The summed E-state index contributed by atoms with van der Waals surface area (Å²) >= 11 is 0. The fourth-order valence-corrected chi connectivity index (χ4v) is 0.742. The van der Waals surface area contributed by atoms with Crippen LogP contribution in [0.25, 0.3) is 0 Å². The molecule has 1 rings (SSSR count). The van der Waals surface area contributed by atoms with Crippen LogP contribution in [-0.4, -0.2) is 5.91 Å². The quantitative estimate of drug-likeness (QED) is 0.641. The summed E-state index contributed by atoms with van der Waals surface area (Å²) in [6, 6.07) is 5.96. The van der Waals surface area contributed by atoms with Gasteiger partial charge in [0.05, 0.1) is 0 Å². The second-order valence-electron chi connectivity index (χ2n) is 2.21. The van der Waals surface area contributed by atoms with Gasteiger partial charge in [0.1, 0.15) is 0 Å². The largest absolute Gasteiger partial charge is 0.872 e. The molecule has 3 nitrogen and oxygen atoms in total. The topological polar surface area (TPSA) is 52.2 Å². The highest BCUT2D eigenvalue weighted by Gasteiger charge is 1.91. The lowest BCUT2D eigenvalue weighted by Gasteiger charge is -2.05. The van der Waals surface area contributed by atoms with E-state index >= 15 is 0 Å². The van der Waals surface area contributed by atoms with Crippen molar-refractivity contribution in [1.29, 1.82) is 0 Å². The Morgan fingerprint density at radius 2 is 1.91 bits per heavy atom. The molecule has 11 heavy (non-hydrogen) atoms. The minimum atomic E-state index is -0.136. The summed E-state index contributed by atoms with van der Waals surface area (Å²) in [5.74, 6) is -0.192. The van der Waals surface area contributed by atoms with Gasteiger partial charge in [0.15, 0.2) is 0 Å². The van der Waals surface area contributed by atoms with Crippen LogP contribution in [0.5, 0.6) is 5.75 Å². The molecular formula is C8H8NO2-. The van der Waals surface area contributed by atoms with Crippen molar-refractivity contribution >= 4 is 11.6 Å². The molecule has 0 spiro atoms. The summed E-state index contributed by atoms with van der Waals surface area (Å²) in [5, 5.41) is 13.1. The highest BCUT2D eigenvalue weighted by atomic mass is 16.3. The number of rotatable bonds is 1. The van der Waals surface area contributed by atoms with Crippen molar-refractivity contribution in [3.8, 4) is 5.75 Å². The normalized spacial score (nSPS) is 9.18. The van der Waals surface area contributed by atoms with E-state index in [0.29, 0.717) is 5.69 Å². The second-order valence-corrected chi connectivity index (χ2v) is 2.21. The van der Waals surface area contributed by atoms with Crippen molar-refractivity contribution in [2.45, 2.75) is 6.92 Å². The summed E-state index contributed by atoms with van der Waals surface area (Å²) < 4.78 is 0. The molecule has 0 unspecified atom stereocenters. The van der Waals surface area contributed by atoms with Gasteiger partial charge in [0.25, 0.3) is 0 Å². The van der Waals surface area contributed by atoms with Crippen LogP contribution in [0, 0.1) is 0 Å². The molecule has 0 saturated heterocycles. The molecule has 0 aromatic heterocycles. The maximum atomic E-state index is 10.6. The van der Waals surface area contributed by atoms with E-state index < -0.39 is 0 Å². The maximum absolute atomic E-state index is 10.6. The molecule has 0 atom stereocenters. The average Bonchev–Trinajstić information content (AvgIpc) is 1.93. The Balaban J connectivity index is 2.74. The smallest absolute Gasteiger partial charge is 0.221 e. The van der Waals surface area contributed by atoms with E-state index in [-0.39, 0.29) is 11.7 Å². The summed E-state index contributed by atoms with van der Waals surface area (Å²) in [6.07, 6.45) is 0. The number of hydrogen-bond acceptors (Lipinski definition) is 2. The molecule has 0 heterocycles. The third-order valence-electron chi connectivity index (χ3n) is 1.17. The molecular weight excluding hydrogens is 142 g/mol. The Morgan fingerprint density at radius 3 is 2.36 bits per heavy atom. The van der Waals surface area contributed by atoms with Crippen molar-refractivity contribution in [3.05, 3.63) is 24.3 Å². The number of benzene rings is 1. The zero-order chi connectivity index (χ0) is 8.27. The first kappa shape index (κ1) is 7.60. The lowest BCUT2D eigenvalue weighted by molar-refractivity contribution is -0.268. The minimum absolute atomic E-state index is 0.0564. The molecule has 0 saturated carbocycles. The van der Waals surface area contributed by atoms with Crippen LogP contribution in [0.1, 0.15) is 6.92 Å². The first-order valence-corrected chi connectivity index (χ1v) is 3.23. The van der Waals surface area contributed by atoms with Crippen LogP contribution in [0.15, 0.2) is 24.3 Å². The number of carbonyl (C=O) groups excluding carboxylic acids is 1. The first-order valence-electron chi connectivity index (χ1n) is 3.23. The summed E-state index contributed by atoms with van der Waals surface area (Å²) in [4.78, 5) is 10.5. The second kappa shape index (κ2) is 3.05. The van der Waals surface area contributed by atoms with Crippen LogP contribution < -0.4 is 10.4 Å². The summed E-state index contributed by atoms with van der Waals surface area (Å²) in [6.45, 7) is 1.42. The number of hydrogen-bond donors (Lipinski definition) is 1. The predicted octanol–water partition coefficient (Wildman–Crippen LogP) is 0.719. The third kappa shape index (κ3) is 2.29. The molecule has 58 valence electrons. The number of carbonyl (C=O) groups is 1. The zero-order valence-corrected chi connectivity index (χ0v) is 6.13. The molecule has 3 heteroatoms. The Kier molecular flexibility index (Phi) is 2.11. The highest BCUT2D eigenvalue weighted by Crippen LogP contribution is 2.10. The van der Waals surface area contributed by atoms with Crippen molar-refractivity contribution < 1.29 is 9.90 Å². The van der Waals surface area contributed by atoms with E-state index in [1.165, 1.54) is 19.1 Å². The molecule has 1 N–H and O–H groups in total. The van der Waals surface area contributed by atoms with Gasteiger partial charge < -0.3 is 10.4 Å². The van der Waals surface area contributed by atoms with Gasteiger partial charge in [-0.3, -0.25) is 4.79 Å². The number of anilines is 1. The van der Waals surface area contributed by atoms with E-state index in [1.807, 2.05) is 0 Å². The van der Waals surface area contributed by atoms with Gasteiger partial charge >= 0.3 is 0 Å². The van der Waals surface area contributed by atoms with Gasteiger partial charge in [-0.05, 0) is 12.1 Å². The Bertz CT molecular complexity index is 253.